The molecule has 122 valence electrons. The molecule has 1 amide bonds. The maximum Gasteiger partial charge on any atom is 0.411 e. The lowest BCUT2D eigenvalue weighted by molar-refractivity contribution is -0.148. The molecule has 9 heteroatoms. The van der Waals surface area contributed by atoms with Crippen molar-refractivity contribution in [3.8, 4) is 0 Å². The lowest BCUT2D eigenvalue weighted by Gasteiger charge is -2.35. The third-order valence-corrected chi connectivity index (χ3v) is 4.89. The summed E-state index contributed by atoms with van der Waals surface area (Å²) < 4.78 is 21.0. The Bertz CT molecular complexity index is 585. The van der Waals surface area contributed by atoms with Crippen LogP contribution >= 0.6 is 7.60 Å². The van der Waals surface area contributed by atoms with E-state index in [1.54, 1.807) is 30.3 Å². The fourth-order valence-electron chi connectivity index (χ4n) is 1.64. The first-order chi connectivity index (χ1) is 10.1. The fraction of sp³-hybridized carbons (Fsp3) is 0.385. The molecule has 0 bridgehead atoms. The van der Waals surface area contributed by atoms with Crippen LogP contribution in [0.5, 0.6) is 0 Å². The Morgan fingerprint density at radius 2 is 1.82 bits per heavy atom. The van der Waals surface area contributed by atoms with Crippen LogP contribution < -0.4 is 0 Å². The number of nitrogens with zero attached hydrogens (tertiary/aromatic N) is 1. The molecule has 1 aromatic carbocycles. The Hall–Kier alpha value is -1.89. The van der Waals surface area contributed by atoms with E-state index in [1.165, 1.54) is 0 Å². The van der Waals surface area contributed by atoms with Gasteiger partial charge in [-0.05, 0) is 12.5 Å². The molecule has 0 saturated heterocycles. The smallest absolute Gasteiger partial charge is 0.411 e. The van der Waals surface area contributed by atoms with Gasteiger partial charge in [0.25, 0.3) is 0 Å². The van der Waals surface area contributed by atoms with Crippen molar-refractivity contribution in [2.24, 2.45) is 0 Å². The zero-order valence-corrected chi connectivity index (χ0v) is 13.3. The van der Waals surface area contributed by atoms with E-state index in [0.29, 0.717) is 10.5 Å². The number of carbonyl (C=O) groups is 2. The monoisotopic (exact) mass is 331 g/mol. The number of benzene rings is 1. The number of hydrogen-bond acceptors (Lipinski definition) is 5. The maximum absolute atomic E-state index is 12.0. The first kappa shape index (κ1) is 18.2. The Kier molecular flexibility index (Phi) is 5.71. The summed E-state index contributed by atoms with van der Waals surface area (Å²) in [5.74, 6) is -1.24. The Balaban J connectivity index is 2.90. The van der Waals surface area contributed by atoms with Crippen LogP contribution in [0.3, 0.4) is 0 Å². The van der Waals surface area contributed by atoms with E-state index in [9.17, 15) is 23.9 Å². The highest BCUT2D eigenvalue weighted by molar-refractivity contribution is 7.54. The van der Waals surface area contributed by atoms with Crippen molar-refractivity contribution < 1.29 is 33.4 Å². The van der Waals surface area contributed by atoms with Crippen LogP contribution in [0.1, 0.15) is 12.5 Å². The van der Waals surface area contributed by atoms with E-state index in [4.69, 9.17) is 4.74 Å². The van der Waals surface area contributed by atoms with E-state index in [2.05, 4.69) is 4.74 Å². The Morgan fingerprint density at radius 3 is 2.27 bits per heavy atom. The molecule has 0 fully saturated rings. The summed E-state index contributed by atoms with van der Waals surface area (Å²) >= 11 is 0. The van der Waals surface area contributed by atoms with Crippen molar-refractivity contribution in [2.45, 2.75) is 18.8 Å². The van der Waals surface area contributed by atoms with E-state index < -0.39 is 24.9 Å². The zero-order valence-electron chi connectivity index (χ0n) is 12.4. The second-order valence-electron chi connectivity index (χ2n) is 4.66. The van der Waals surface area contributed by atoms with Gasteiger partial charge >= 0.3 is 19.7 Å². The van der Waals surface area contributed by atoms with Crippen molar-refractivity contribution in [2.75, 3.05) is 14.2 Å². The number of ether oxygens (including phenoxy) is 2. The molecule has 0 radical (unpaired) electrons. The average Bonchev–Trinajstić information content (AvgIpc) is 2.50. The summed E-state index contributed by atoms with van der Waals surface area (Å²) in [6.07, 6.45) is -1.06. The summed E-state index contributed by atoms with van der Waals surface area (Å²) in [4.78, 5) is 43.1. The normalized spacial score (nSPS) is 13.9. The van der Waals surface area contributed by atoms with Crippen molar-refractivity contribution in [3.05, 3.63) is 35.9 Å². The zero-order chi connectivity index (χ0) is 17.0. The summed E-state index contributed by atoms with van der Waals surface area (Å²) in [5.41, 5.74) is 0.695. The van der Waals surface area contributed by atoms with Crippen LogP contribution in [0.2, 0.25) is 0 Å². The second-order valence-corrected chi connectivity index (χ2v) is 6.61. The molecular weight excluding hydrogens is 313 g/mol. The predicted molar refractivity (Wildman–Crippen MR) is 76.9 cm³/mol. The minimum absolute atomic E-state index is 0.0948. The lowest BCUT2D eigenvalue weighted by Crippen LogP contribution is -2.53. The molecule has 1 atom stereocenters. The van der Waals surface area contributed by atoms with E-state index in [1.807, 2.05) is 0 Å². The second kappa shape index (κ2) is 6.91. The number of hydrogen-bond donors (Lipinski definition) is 2. The van der Waals surface area contributed by atoms with Gasteiger partial charge in [-0.1, -0.05) is 30.3 Å². The summed E-state index contributed by atoms with van der Waals surface area (Å²) in [6.45, 7) is 0.825. The van der Waals surface area contributed by atoms with Gasteiger partial charge in [-0.25, -0.2) is 9.59 Å². The van der Waals surface area contributed by atoms with Crippen LogP contribution in [0, 0.1) is 0 Å². The third kappa shape index (κ3) is 3.65. The average molecular weight is 331 g/mol. The summed E-state index contributed by atoms with van der Waals surface area (Å²) in [6, 6.07) is 8.73. The number of rotatable bonds is 5. The first-order valence-electron chi connectivity index (χ1n) is 6.23. The van der Waals surface area contributed by atoms with Crippen LogP contribution in [0.15, 0.2) is 30.3 Å². The number of carbonyl (C=O) groups excluding carboxylic acids is 2. The molecule has 22 heavy (non-hydrogen) atoms. The number of methoxy groups -OCH3 is 1. The molecule has 1 rings (SSSR count). The standard InChI is InChI=1S/C13H18NO7P/c1-13(11(15)20-3,22(17,18)19)14(2)12(16)21-9-10-7-5-4-6-8-10/h4-8H,9H2,1-3H3,(H2,17,18,19). The van der Waals surface area contributed by atoms with Crippen LogP contribution in [-0.2, 0) is 25.4 Å². The maximum atomic E-state index is 12.0. The molecule has 0 saturated carbocycles. The van der Waals surface area contributed by atoms with Crippen LogP contribution in [0.25, 0.3) is 0 Å². The number of amides is 1. The molecule has 0 aliphatic rings. The first-order valence-corrected chi connectivity index (χ1v) is 7.84. The molecule has 0 aromatic heterocycles. The fourth-order valence-corrected chi connectivity index (χ4v) is 2.44. The van der Waals surface area contributed by atoms with Crippen molar-refractivity contribution in [1.82, 2.24) is 4.90 Å². The Labute approximate surface area is 127 Å². The highest BCUT2D eigenvalue weighted by Gasteiger charge is 2.56. The van der Waals surface area contributed by atoms with Gasteiger partial charge in [-0.2, -0.15) is 0 Å². The molecule has 0 heterocycles. The molecule has 1 aromatic rings. The Morgan fingerprint density at radius 1 is 1.27 bits per heavy atom. The minimum atomic E-state index is -5.02. The highest BCUT2D eigenvalue weighted by atomic mass is 31.2. The SMILES string of the molecule is COC(=O)C(C)(N(C)C(=O)OCc1ccccc1)P(=O)(O)O. The number of likely N-dealkylation sites (N-methyl/N-ethyl adjacent to an activating group) is 1. The quantitative estimate of drug-likeness (QED) is 0.618. The van der Waals surface area contributed by atoms with Gasteiger partial charge in [-0.3, -0.25) is 9.46 Å². The van der Waals surface area contributed by atoms with Crippen LogP contribution in [-0.4, -0.2) is 46.2 Å². The third-order valence-electron chi connectivity index (χ3n) is 3.27. The van der Waals surface area contributed by atoms with Crippen molar-refractivity contribution >= 4 is 19.7 Å². The molecule has 2 N–H and O–H groups in total. The minimum Gasteiger partial charge on any atom is -0.467 e. The van der Waals surface area contributed by atoms with Crippen molar-refractivity contribution in [1.29, 1.82) is 0 Å². The van der Waals surface area contributed by atoms with Gasteiger partial charge in [-0.15, -0.1) is 0 Å². The summed E-state index contributed by atoms with van der Waals surface area (Å²) in [5, 5.41) is -2.46. The van der Waals surface area contributed by atoms with Gasteiger partial charge in [0.1, 0.15) is 6.61 Å². The van der Waals surface area contributed by atoms with Crippen molar-refractivity contribution in [3.63, 3.8) is 0 Å². The van der Waals surface area contributed by atoms with E-state index in [0.717, 1.165) is 21.1 Å². The van der Waals surface area contributed by atoms with Gasteiger partial charge in [0.2, 0.25) is 5.28 Å². The van der Waals surface area contributed by atoms with Gasteiger partial charge < -0.3 is 19.3 Å². The highest BCUT2D eigenvalue weighted by Crippen LogP contribution is 2.52. The molecule has 8 nitrogen and oxygen atoms in total. The molecule has 0 spiro atoms. The van der Waals surface area contributed by atoms with Crippen LogP contribution in [0.4, 0.5) is 4.79 Å². The number of esters is 1. The topological polar surface area (TPSA) is 113 Å². The van der Waals surface area contributed by atoms with Gasteiger partial charge in [0, 0.05) is 7.05 Å². The van der Waals surface area contributed by atoms with E-state index >= 15 is 0 Å². The van der Waals surface area contributed by atoms with E-state index in [-0.39, 0.29) is 6.61 Å². The lowest BCUT2D eigenvalue weighted by atomic mass is 10.2. The van der Waals surface area contributed by atoms with Gasteiger partial charge in [0.15, 0.2) is 0 Å². The predicted octanol–water partition coefficient (Wildman–Crippen LogP) is 1.32. The summed E-state index contributed by atoms with van der Waals surface area (Å²) in [7, 11) is -2.99. The largest absolute Gasteiger partial charge is 0.467 e. The molecule has 0 aliphatic carbocycles. The molecule has 0 aliphatic heterocycles. The molecule has 1 unspecified atom stereocenters. The van der Waals surface area contributed by atoms with Gasteiger partial charge in [0.05, 0.1) is 7.11 Å². The molecular formula is C13H18NO7P.